The lowest BCUT2D eigenvalue weighted by atomic mass is 9.97. The number of rotatable bonds is 3. The first-order valence-electron chi connectivity index (χ1n) is 6.67. The molecule has 1 N–H and O–H groups in total. The van der Waals surface area contributed by atoms with Crippen molar-refractivity contribution in [3.8, 4) is 28.4 Å². The van der Waals surface area contributed by atoms with Crippen LogP contribution in [0.15, 0.2) is 54.6 Å². The molecule has 0 aromatic heterocycles. The molecule has 3 heteroatoms. The van der Waals surface area contributed by atoms with Gasteiger partial charge >= 0.3 is 0 Å². The van der Waals surface area contributed by atoms with Crippen molar-refractivity contribution >= 4 is 10.8 Å². The highest BCUT2D eigenvalue weighted by molar-refractivity contribution is 6.01. The van der Waals surface area contributed by atoms with Gasteiger partial charge in [0.2, 0.25) is 0 Å². The molecule has 0 bridgehead atoms. The third kappa shape index (κ3) is 2.27. The van der Waals surface area contributed by atoms with Crippen molar-refractivity contribution < 1.29 is 14.6 Å². The summed E-state index contributed by atoms with van der Waals surface area (Å²) in [4.78, 5) is 0. The van der Waals surface area contributed by atoms with Gasteiger partial charge in [0.05, 0.1) is 14.2 Å². The van der Waals surface area contributed by atoms with Gasteiger partial charge in [0.15, 0.2) is 11.5 Å². The Hall–Kier alpha value is -2.68. The van der Waals surface area contributed by atoms with E-state index in [1.165, 1.54) is 0 Å². The molecule has 3 aromatic rings. The largest absolute Gasteiger partial charge is 0.507 e. The molecule has 3 aromatic carbocycles. The Balaban J connectivity index is 2.35. The zero-order chi connectivity index (χ0) is 14.8. The fourth-order valence-electron chi connectivity index (χ4n) is 2.53. The second kappa shape index (κ2) is 5.37. The normalized spacial score (nSPS) is 10.6. The third-order valence-corrected chi connectivity index (χ3v) is 3.58. The lowest BCUT2D eigenvalue weighted by Crippen LogP contribution is -1.91. The van der Waals surface area contributed by atoms with Gasteiger partial charge in [-0.3, -0.25) is 0 Å². The molecule has 0 atom stereocenters. The smallest absolute Gasteiger partial charge is 0.161 e. The summed E-state index contributed by atoms with van der Waals surface area (Å²) in [6.07, 6.45) is 0. The van der Waals surface area contributed by atoms with Crippen LogP contribution in [0.5, 0.6) is 17.2 Å². The van der Waals surface area contributed by atoms with E-state index in [1.54, 1.807) is 26.4 Å². The highest BCUT2D eigenvalue weighted by Crippen LogP contribution is 2.40. The fraction of sp³-hybridized carbons (Fsp3) is 0.111. The van der Waals surface area contributed by atoms with Crippen molar-refractivity contribution in [1.82, 2.24) is 0 Å². The molecule has 0 spiro atoms. The van der Waals surface area contributed by atoms with Gasteiger partial charge in [-0.15, -0.1) is 0 Å². The van der Waals surface area contributed by atoms with Gasteiger partial charge in [0.1, 0.15) is 5.75 Å². The van der Waals surface area contributed by atoms with Gasteiger partial charge in [0, 0.05) is 5.39 Å². The molecule has 0 aliphatic rings. The number of methoxy groups -OCH3 is 2. The van der Waals surface area contributed by atoms with Crippen LogP contribution in [0.2, 0.25) is 0 Å². The van der Waals surface area contributed by atoms with E-state index in [2.05, 4.69) is 0 Å². The van der Waals surface area contributed by atoms with Crippen LogP contribution in [0.1, 0.15) is 0 Å². The lowest BCUT2D eigenvalue weighted by Gasteiger charge is -2.13. The Morgan fingerprint density at radius 1 is 0.762 bits per heavy atom. The molecule has 0 unspecified atom stereocenters. The minimum atomic E-state index is 0.227. The summed E-state index contributed by atoms with van der Waals surface area (Å²) >= 11 is 0. The van der Waals surface area contributed by atoms with Gasteiger partial charge in [-0.2, -0.15) is 0 Å². The Kier molecular flexibility index (Phi) is 3.40. The molecule has 106 valence electrons. The molecule has 0 saturated carbocycles. The summed E-state index contributed by atoms with van der Waals surface area (Å²) in [7, 11) is 3.19. The van der Waals surface area contributed by atoms with Crippen LogP contribution >= 0.6 is 0 Å². The van der Waals surface area contributed by atoms with Crippen LogP contribution in [0.25, 0.3) is 21.9 Å². The summed E-state index contributed by atoms with van der Waals surface area (Å²) in [5, 5.41) is 11.8. The van der Waals surface area contributed by atoms with Crippen LogP contribution in [0.3, 0.4) is 0 Å². The van der Waals surface area contributed by atoms with Gasteiger partial charge in [-0.25, -0.2) is 0 Å². The first kappa shape index (κ1) is 13.3. The van der Waals surface area contributed by atoms with E-state index in [0.717, 1.165) is 21.9 Å². The highest BCUT2D eigenvalue weighted by atomic mass is 16.5. The average molecular weight is 280 g/mol. The number of hydrogen-bond acceptors (Lipinski definition) is 3. The Labute approximate surface area is 123 Å². The average Bonchev–Trinajstić information content (AvgIpc) is 2.55. The first-order chi connectivity index (χ1) is 10.2. The van der Waals surface area contributed by atoms with Gasteiger partial charge in [-0.1, -0.05) is 36.4 Å². The van der Waals surface area contributed by atoms with Crippen LogP contribution in [-0.2, 0) is 0 Å². The number of fused-ring (bicyclic) bond motifs is 1. The van der Waals surface area contributed by atoms with Gasteiger partial charge < -0.3 is 14.6 Å². The van der Waals surface area contributed by atoms with E-state index < -0.39 is 0 Å². The number of phenols is 1. The van der Waals surface area contributed by atoms with Crippen LogP contribution in [0.4, 0.5) is 0 Å². The lowest BCUT2D eigenvalue weighted by molar-refractivity contribution is 0.355. The molecule has 21 heavy (non-hydrogen) atoms. The first-order valence-corrected chi connectivity index (χ1v) is 6.67. The van der Waals surface area contributed by atoms with Crippen molar-refractivity contribution in [2.45, 2.75) is 0 Å². The minimum absolute atomic E-state index is 0.227. The van der Waals surface area contributed by atoms with Crippen molar-refractivity contribution in [3.63, 3.8) is 0 Å². The number of hydrogen-bond donors (Lipinski definition) is 1. The minimum Gasteiger partial charge on any atom is -0.507 e. The van der Waals surface area contributed by atoms with Crippen LogP contribution < -0.4 is 9.47 Å². The predicted octanol–water partition coefficient (Wildman–Crippen LogP) is 4.23. The van der Waals surface area contributed by atoms with Crippen molar-refractivity contribution in [1.29, 1.82) is 0 Å². The number of benzene rings is 3. The SMILES string of the molecule is COc1cc2c(O)ccc(-c3ccccc3)c2cc1OC. The third-order valence-electron chi connectivity index (χ3n) is 3.58. The number of aromatic hydroxyl groups is 1. The topological polar surface area (TPSA) is 38.7 Å². The molecule has 0 heterocycles. The Morgan fingerprint density at radius 3 is 2.00 bits per heavy atom. The molecule has 0 saturated heterocycles. The summed E-state index contributed by atoms with van der Waals surface area (Å²) < 4.78 is 10.7. The molecule has 0 fully saturated rings. The molecule has 3 rings (SSSR count). The maximum Gasteiger partial charge on any atom is 0.161 e. The number of phenolic OH excluding ortho intramolecular Hbond substituents is 1. The summed E-state index contributed by atoms with van der Waals surface area (Å²) in [5.74, 6) is 1.48. The van der Waals surface area contributed by atoms with E-state index in [4.69, 9.17) is 9.47 Å². The molecule has 3 nitrogen and oxygen atoms in total. The molecule has 0 amide bonds. The summed E-state index contributed by atoms with van der Waals surface area (Å²) in [5.41, 5.74) is 2.14. The molecular weight excluding hydrogens is 264 g/mol. The van der Waals surface area contributed by atoms with E-state index >= 15 is 0 Å². The second-order valence-electron chi connectivity index (χ2n) is 4.75. The van der Waals surface area contributed by atoms with Crippen molar-refractivity contribution in [2.24, 2.45) is 0 Å². The summed E-state index contributed by atoms with van der Waals surface area (Å²) in [6.45, 7) is 0. The zero-order valence-corrected chi connectivity index (χ0v) is 12.0. The second-order valence-corrected chi connectivity index (χ2v) is 4.75. The Bertz CT molecular complexity index is 779. The Morgan fingerprint density at radius 2 is 1.38 bits per heavy atom. The predicted molar refractivity (Wildman–Crippen MR) is 84.2 cm³/mol. The van der Waals surface area contributed by atoms with Crippen molar-refractivity contribution in [2.75, 3.05) is 14.2 Å². The molecule has 0 aliphatic carbocycles. The van der Waals surface area contributed by atoms with E-state index in [9.17, 15) is 5.11 Å². The number of ether oxygens (including phenoxy) is 2. The standard InChI is InChI=1S/C18H16O3/c1-20-17-10-14-13(12-6-4-3-5-7-12)8-9-16(19)15(14)11-18(17)21-2/h3-11,19H,1-2H3. The zero-order valence-electron chi connectivity index (χ0n) is 12.0. The molecule has 0 aliphatic heterocycles. The maximum absolute atomic E-state index is 10.1. The maximum atomic E-state index is 10.1. The fourth-order valence-corrected chi connectivity index (χ4v) is 2.53. The van der Waals surface area contributed by atoms with Crippen LogP contribution in [-0.4, -0.2) is 19.3 Å². The molecular formula is C18H16O3. The van der Waals surface area contributed by atoms with E-state index in [-0.39, 0.29) is 5.75 Å². The summed E-state index contributed by atoms with van der Waals surface area (Å²) in [6, 6.07) is 17.4. The monoisotopic (exact) mass is 280 g/mol. The highest BCUT2D eigenvalue weighted by Gasteiger charge is 2.12. The van der Waals surface area contributed by atoms with E-state index in [1.807, 2.05) is 42.5 Å². The van der Waals surface area contributed by atoms with Crippen LogP contribution in [0, 0.1) is 0 Å². The quantitative estimate of drug-likeness (QED) is 0.780. The van der Waals surface area contributed by atoms with E-state index in [0.29, 0.717) is 11.5 Å². The van der Waals surface area contributed by atoms with Gasteiger partial charge in [0.25, 0.3) is 0 Å². The van der Waals surface area contributed by atoms with Crippen molar-refractivity contribution in [3.05, 3.63) is 54.6 Å². The van der Waals surface area contributed by atoms with Gasteiger partial charge in [-0.05, 0) is 34.7 Å². The molecule has 0 radical (unpaired) electrons.